The predicted molar refractivity (Wildman–Crippen MR) is 118 cm³/mol. The predicted octanol–water partition coefficient (Wildman–Crippen LogP) is 2.71. The van der Waals surface area contributed by atoms with Crippen LogP contribution in [0.4, 0.5) is 5.69 Å². The number of piperidine rings is 2. The average molecular weight is 443 g/mol. The maximum atomic E-state index is 12.5. The molecule has 2 saturated heterocycles. The number of benzene rings is 1. The third-order valence-electron chi connectivity index (χ3n) is 6.96. The second-order valence-corrected chi connectivity index (χ2v) is 8.67. The first-order valence-electron chi connectivity index (χ1n) is 11.0. The quantitative estimate of drug-likeness (QED) is 0.324. The lowest BCUT2D eigenvalue weighted by Crippen LogP contribution is -2.60. The molecule has 1 N–H and O–H groups in total. The van der Waals surface area contributed by atoms with E-state index in [2.05, 4.69) is 11.8 Å². The van der Waals surface area contributed by atoms with Crippen molar-refractivity contribution in [1.29, 1.82) is 0 Å². The molecule has 1 aromatic carbocycles. The first-order chi connectivity index (χ1) is 15.3. The highest BCUT2D eigenvalue weighted by Crippen LogP contribution is 2.51. The number of aliphatic imine (C=N–C) groups is 1. The van der Waals surface area contributed by atoms with Gasteiger partial charge < -0.3 is 19.3 Å². The molecule has 0 saturated carbocycles. The molecular formula is C24H30N2O6. The lowest BCUT2D eigenvalue weighted by molar-refractivity contribution is -0.137. The Hall–Kier alpha value is -2.71. The van der Waals surface area contributed by atoms with Crippen LogP contribution in [0.1, 0.15) is 38.7 Å². The van der Waals surface area contributed by atoms with Crippen molar-refractivity contribution < 1.29 is 28.9 Å². The highest BCUT2D eigenvalue weighted by Gasteiger charge is 2.54. The van der Waals surface area contributed by atoms with E-state index in [-0.39, 0.29) is 17.9 Å². The van der Waals surface area contributed by atoms with Crippen LogP contribution in [0, 0.1) is 11.8 Å². The van der Waals surface area contributed by atoms with Crippen LogP contribution < -0.4 is 4.74 Å². The number of nitrogens with zero attached hydrogens (tertiary/aromatic N) is 2. The van der Waals surface area contributed by atoms with Gasteiger partial charge in [0.2, 0.25) is 0 Å². The summed E-state index contributed by atoms with van der Waals surface area (Å²) < 4.78 is 15.6. The Morgan fingerprint density at radius 2 is 2.12 bits per heavy atom. The lowest BCUT2D eigenvalue weighted by atomic mass is 9.70. The van der Waals surface area contributed by atoms with E-state index in [1.54, 1.807) is 12.1 Å². The molecule has 3 aliphatic rings. The Morgan fingerprint density at radius 1 is 1.34 bits per heavy atom. The van der Waals surface area contributed by atoms with Gasteiger partial charge in [0.05, 0.1) is 49.1 Å². The molecule has 0 aliphatic carbocycles. The van der Waals surface area contributed by atoms with Gasteiger partial charge in [0, 0.05) is 20.0 Å². The minimum absolute atomic E-state index is 0.0876. The van der Waals surface area contributed by atoms with Crippen molar-refractivity contribution in [2.45, 2.75) is 44.8 Å². The standard InChI is InChI=1S/C24H30N2O6/c1-5-15-12-26-10-9-24(29)21-18(7-6-8-20(21)32-14(2)27)25-22(24)19(26)11-16(15)17(13-30-3)23(28)31-4/h6-8,13,15-16,19,29H,5,9-12H2,1-4H3/b17-13+/t15?,16?,19?,24-/m0/s1. The van der Waals surface area contributed by atoms with Gasteiger partial charge in [-0.2, -0.15) is 0 Å². The topological polar surface area (TPSA) is 97.7 Å². The molecule has 3 unspecified atom stereocenters. The third kappa shape index (κ3) is 3.61. The molecule has 32 heavy (non-hydrogen) atoms. The Balaban J connectivity index is 1.72. The van der Waals surface area contributed by atoms with Crippen LogP contribution in [0.2, 0.25) is 0 Å². The number of rotatable bonds is 5. The Morgan fingerprint density at radius 3 is 2.78 bits per heavy atom. The summed E-state index contributed by atoms with van der Waals surface area (Å²) in [7, 11) is 2.89. The minimum Gasteiger partial charge on any atom is -0.504 e. The van der Waals surface area contributed by atoms with Crippen LogP contribution in [-0.4, -0.2) is 61.0 Å². The maximum absolute atomic E-state index is 12.5. The number of aliphatic hydroxyl groups is 1. The fourth-order valence-corrected chi connectivity index (χ4v) is 5.52. The third-order valence-corrected chi connectivity index (χ3v) is 6.96. The minimum atomic E-state index is -1.30. The molecule has 4 atom stereocenters. The molecule has 0 spiro atoms. The van der Waals surface area contributed by atoms with E-state index in [0.29, 0.717) is 47.7 Å². The van der Waals surface area contributed by atoms with Crippen LogP contribution in [0.3, 0.4) is 0 Å². The van der Waals surface area contributed by atoms with E-state index in [9.17, 15) is 14.7 Å². The molecule has 4 rings (SSSR count). The van der Waals surface area contributed by atoms with Crippen molar-refractivity contribution >= 4 is 23.3 Å². The van der Waals surface area contributed by atoms with Crippen LogP contribution in [-0.2, 0) is 24.7 Å². The summed E-state index contributed by atoms with van der Waals surface area (Å²) in [4.78, 5) is 31.3. The van der Waals surface area contributed by atoms with Crippen LogP contribution >= 0.6 is 0 Å². The van der Waals surface area contributed by atoms with Crippen molar-refractivity contribution in [3.8, 4) is 5.75 Å². The highest BCUT2D eigenvalue weighted by molar-refractivity contribution is 6.05. The van der Waals surface area contributed by atoms with E-state index in [1.165, 1.54) is 27.4 Å². The number of carbonyl (C=O) groups is 2. The molecule has 3 aliphatic heterocycles. The zero-order chi connectivity index (χ0) is 23.0. The number of carbonyl (C=O) groups excluding carboxylic acids is 2. The summed E-state index contributed by atoms with van der Waals surface area (Å²) in [6.07, 6.45) is 3.46. The molecule has 0 amide bonds. The zero-order valence-electron chi connectivity index (χ0n) is 19.0. The van der Waals surface area contributed by atoms with E-state index in [4.69, 9.17) is 19.2 Å². The molecule has 0 radical (unpaired) electrons. The van der Waals surface area contributed by atoms with Gasteiger partial charge in [-0.3, -0.25) is 14.7 Å². The molecule has 0 bridgehead atoms. The van der Waals surface area contributed by atoms with E-state index in [0.717, 1.165) is 13.0 Å². The number of hydrogen-bond acceptors (Lipinski definition) is 8. The molecule has 3 heterocycles. The second kappa shape index (κ2) is 8.67. The summed E-state index contributed by atoms with van der Waals surface area (Å²) in [6.45, 7) is 4.93. The molecule has 8 heteroatoms. The molecule has 0 aromatic heterocycles. The van der Waals surface area contributed by atoms with Crippen molar-refractivity contribution in [2.24, 2.45) is 16.8 Å². The first-order valence-corrected chi connectivity index (χ1v) is 11.0. The van der Waals surface area contributed by atoms with Crippen molar-refractivity contribution in [3.63, 3.8) is 0 Å². The SMILES string of the molecule is CCC1CN2CC[C@@]3(O)C(=Nc4cccc(OC(C)=O)c43)C2CC1/C(=C\OC)C(=O)OC. The van der Waals surface area contributed by atoms with Gasteiger partial charge in [0.15, 0.2) is 0 Å². The van der Waals surface area contributed by atoms with Gasteiger partial charge in [0.1, 0.15) is 11.4 Å². The fourth-order valence-electron chi connectivity index (χ4n) is 5.52. The summed E-state index contributed by atoms with van der Waals surface area (Å²) in [6, 6.07) is 5.14. The lowest BCUT2D eigenvalue weighted by Gasteiger charge is -2.50. The molecule has 172 valence electrons. The smallest absolute Gasteiger partial charge is 0.337 e. The number of fused-ring (bicyclic) bond motifs is 5. The average Bonchev–Trinajstić information content (AvgIpc) is 3.09. The van der Waals surface area contributed by atoms with Gasteiger partial charge in [-0.05, 0) is 36.8 Å². The van der Waals surface area contributed by atoms with E-state index in [1.807, 2.05) is 6.07 Å². The van der Waals surface area contributed by atoms with Gasteiger partial charge >= 0.3 is 11.9 Å². The Kier molecular flexibility index (Phi) is 6.09. The maximum Gasteiger partial charge on any atom is 0.337 e. The van der Waals surface area contributed by atoms with Crippen molar-refractivity contribution in [2.75, 3.05) is 27.3 Å². The van der Waals surface area contributed by atoms with E-state index >= 15 is 0 Å². The summed E-state index contributed by atoms with van der Waals surface area (Å²) in [5.74, 6) is -0.334. The van der Waals surface area contributed by atoms with Crippen LogP contribution in [0.15, 0.2) is 35.0 Å². The molecule has 8 nitrogen and oxygen atoms in total. The number of methoxy groups -OCH3 is 2. The van der Waals surface area contributed by atoms with Crippen molar-refractivity contribution in [1.82, 2.24) is 4.90 Å². The number of esters is 2. The van der Waals surface area contributed by atoms with E-state index < -0.39 is 17.5 Å². The van der Waals surface area contributed by atoms with Gasteiger partial charge in [-0.25, -0.2) is 4.79 Å². The summed E-state index contributed by atoms with van der Waals surface area (Å²) >= 11 is 0. The first kappa shape index (κ1) is 22.5. The summed E-state index contributed by atoms with van der Waals surface area (Å²) in [5, 5.41) is 11.8. The Labute approximate surface area is 187 Å². The number of hydrogen-bond donors (Lipinski definition) is 1. The Bertz CT molecular complexity index is 987. The molecule has 1 aromatic rings. The van der Waals surface area contributed by atoms with Gasteiger partial charge in [0.25, 0.3) is 0 Å². The van der Waals surface area contributed by atoms with Crippen LogP contribution in [0.25, 0.3) is 0 Å². The van der Waals surface area contributed by atoms with Crippen LogP contribution in [0.5, 0.6) is 5.75 Å². The normalized spacial score (nSPS) is 29.3. The van der Waals surface area contributed by atoms with Crippen molar-refractivity contribution in [3.05, 3.63) is 35.6 Å². The highest BCUT2D eigenvalue weighted by atomic mass is 16.5. The summed E-state index contributed by atoms with van der Waals surface area (Å²) in [5.41, 5.74) is 1.03. The van der Waals surface area contributed by atoms with Gasteiger partial charge in [-0.15, -0.1) is 0 Å². The fraction of sp³-hybridized carbons (Fsp3) is 0.542. The largest absolute Gasteiger partial charge is 0.504 e. The molecular weight excluding hydrogens is 412 g/mol. The monoisotopic (exact) mass is 442 g/mol. The van der Waals surface area contributed by atoms with Gasteiger partial charge in [-0.1, -0.05) is 19.4 Å². The zero-order valence-corrected chi connectivity index (χ0v) is 19.0. The second-order valence-electron chi connectivity index (χ2n) is 8.67. The molecule has 2 fully saturated rings. The number of ether oxygens (including phenoxy) is 3.